The maximum absolute atomic E-state index is 10.6. The van der Waals surface area contributed by atoms with Gasteiger partial charge in [0.2, 0.25) is 0 Å². The molecule has 3 heteroatoms. The molecule has 1 aromatic rings. The van der Waals surface area contributed by atoms with Crippen LogP contribution in [-0.4, -0.2) is 17.7 Å². The minimum absolute atomic E-state index is 0.0516. The third-order valence-corrected chi connectivity index (χ3v) is 2.97. The molecule has 0 heterocycles. The lowest BCUT2D eigenvalue weighted by atomic mass is 9.96. The van der Waals surface area contributed by atoms with Gasteiger partial charge in [0.25, 0.3) is 0 Å². The van der Waals surface area contributed by atoms with Crippen LogP contribution in [0.2, 0.25) is 0 Å². The third kappa shape index (κ3) is 4.43. The zero-order chi connectivity index (χ0) is 14.4. The van der Waals surface area contributed by atoms with Gasteiger partial charge in [-0.3, -0.25) is 4.79 Å². The molecule has 0 bridgehead atoms. The van der Waals surface area contributed by atoms with Crippen LogP contribution in [0.25, 0.3) is 5.57 Å². The first kappa shape index (κ1) is 15.3. The number of benzene rings is 1. The van der Waals surface area contributed by atoms with Crippen LogP contribution >= 0.6 is 0 Å². The van der Waals surface area contributed by atoms with Gasteiger partial charge in [-0.05, 0) is 48.6 Å². The van der Waals surface area contributed by atoms with Crippen LogP contribution in [0.3, 0.4) is 0 Å². The van der Waals surface area contributed by atoms with Crippen molar-refractivity contribution in [2.75, 3.05) is 6.61 Å². The quantitative estimate of drug-likeness (QED) is 0.840. The molecule has 3 nitrogen and oxygen atoms in total. The molecule has 0 aliphatic heterocycles. The zero-order valence-corrected chi connectivity index (χ0v) is 12.1. The Bertz CT molecular complexity index is 473. The van der Waals surface area contributed by atoms with Crippen LogP contribution < -0.4 is 4.74 Å². The first-order valence-corrected chi connectivity index (χ1v) is 6.61. The molecule has 104 valence electrons. The van der Waals surface area contributed by atoms with Crippen molar-refractivity contribution in [3.63, 3.8) is 0 Å². The molecular formula is C16H22O3. The van der Waals surface area contributed by atoms with Crippen molar-refractivity contribution in [1.29, 1.82) is 0 Å². The molecule has 0 aliphatic carbocycles. The highest BCUT2D eigenvalue weighted by Crippen LogP contribution is 2.30. The van der Waals surface area contributed by atoms with Crippen molar-refractivity contribution in [2.45, 2.75) is 40.0 Å². The van der Waals surface area contributed by atoms with Crippen LogP contribution in [0.1, 0.15) is 51.2 Å². The monoisotopic (exact) mass is 262 g/mol. The van der Waals surface area contributed by atoms with Gasteiger partial charge >= 0.3 is 5.97 Å². The molecule has 0 saturated carbocycles. The van der Waals surface area contributed by atoms with Crippen molar-refractivity contribution >= 4 is 11.5 Å². The molecule has 0 fully saturated rings. The van der Waals surface area contributed by atoms with Gasteiger partial charge in [-0.25, -0.2) is 0 Å². The molecule has 0 radical (unpaired) electrons. The first-order valence-electron chi connectivity index (χ1n) is 6.61. The fraction of sp³-hybridized carbons (Fsp3) is 0.438. The van der Waals surface area contributed by atoms with Crippen LogP contribution in [-0.2, 0) is 4.79 Å². The Balaban J connectivity index is 3.07. The van der Waals surface area contributed by atoms with Crippen molar-refractivity contribution in [2.24, 2.45) is 0 Å². The van der Waals surface area contributed by atoms with Gasteiger partial charge in [0.05, 0.1) is 13.0 Å². The fourth-order valence-corrected chi connectivity index (χ4v) is 1.89. The Morgan fingerprint density at radius 3 is 2.63 bits per heavy atom. The highest BCUT2D eigenvalue weighted by atomic mass is 16.5. The Morgan fingerprint density at radius 2 is 2.11 bits per heavy atom. The number of carboxylic acids is 1. The van der Waals surface area contributed by atoms with Gasteiger partial charge in [-0.1, -0.05) is 26.0 Å². The van der Waals surface area contributed by atoms with Gasteiger partial charge in [0.15, 0.2) is 0 Å². The van der Waals surface area contributed by atoms with E-state index in [1.165, 1.54) is 0 Å². The minimum Gasteiger partial charge on any atom is -0.494 e. The molecule has 1 N–H and O–H groups in total. The maximum Gasteiger partial charge on any atom is 0.307 e. The van der Waals surface area contributed by atoms with Gasteiger partial charge < -0.3 is 9.84 Å². The fourth-order valence-electron chi connectivity index (χ4n) is 1.89. The van der Waals surface area contributed by atoms with E-state index in [0.29, 0.717) is 12.5 Å². The van der Waals surface area contributed by atoms with Crippen LogP contribution in [0, 0.1) is 0 Å². The predicted molar refractivity (Wildman–Crippen MR) is 77.6 cm³/mol. The van der Waals surface area contributed by atoms with Crippen LogP contribution in [0.15, 0.2) is 24.3 Å². The van der Waals surface area contributed by atoms with E-state index in [9.17, 15) is 4.79 Å². The normalized spacial score (nSPS) is 11.7. The lowest BCUT2D eigenvalue weighted by molar-refractivity contribution is -0.135. The molecule has 0 aliphatic rings. The summed E-state index contributed by atoms with van der Waals surface area (Å²) in [7, 11) is 0. The van der Waals surface area contributed by atoms with E-state index in [1.807, 2.05) is 26.0 Å². The van der Waals surface area contributed by atoms with Gasteiger partial charge in [0.1, 0.15) is 5.75 Å². The second-order valence-corrected chi connectivity index (χ2v) is 4.83. The Labute approximate surface area is 114 Å². The van der Waals surface area contributed by atoms with Crippen molar-refractivity contribution in [1.82, 2.24) is 0 Å². The largest absolute Gasteiger partial charge is 0.494 e. The molecule has 0 spiro atoms. The topological polar surface area (TPSA) is 46.5 Å². The summed E-state index contributed by atoms with van der Waals surface area (Å²) >= 11 is 0. The molecule has 0 unspecified atom stereocenters. The van der Waals surface area contributed by atoms with E-state index in [0.717, 1.165) is 22.4 Å². The van der Waals surface area contributed by atoms with Crippen LogP contribution in [0.5, 0.6) is 5.75 Å². The number of carbonyl (C=O) groups is 1. The van der Waals surface area contributed by atoms with Crippen molar-refractivity contribution in [3.05, 3.63) is 35.4 Å². The number of rotatable bonds is 6. The smallest absolute Gasteiger partial charge is 0.307 e. The number of ether oxygens (including phenoxy) is 1. The molecule has 1 aromatic carbocycles. The van der Waals surface area contributed by atoms with E-state index in [-0.39, 0.29) is 6.42 Å². The Morgan fingerprint density at radius 1 is 1.42 bits per heavy atom. The maximum atomic E-state index is 10.6. The van der Waals surface area contributed by atoms with E-state index in [1.54, 1.807) is 6.08 Å². The standard InChI is InChI=1S/C16H22O3/c1-5-19-15-8-7-13(10-14(15)11(2)3)12(4)6-9-16(17)18/h6-8,10-11H,5,9H2,1-4H3,(H,17,18)/b12-6+. The zero-order valence-electron chi connectivity index (χ0n) is 12.1. The van der Waals surface area contributed by atoms with Crippen molar-refractivity contribution in [3.8, 4) is 5.75 Å². The highest BCUT2D eigenvalue weighted by molar-refractivity contribution is 5.74. The van der Waals surface area contributed by atoms with E-state index >= 15 is 0 Å². The molecule has 1 rings (SSSR count). The minimum atomic E-state index is -0.811. The summed E-state index contributed by atoms with van der Waals surface area (Å²) in [6.45, 7) is 8.79. The molecule has 0 atom stereocenters. The molecule has 0 aromatic heterocycles. The highest BCUT2D eigenvalue weighted by Gasteiger charge is 2.09. The predicted octanol–water partition coefficient (Wildman–Crippen LogP) is 4.09. The van der Waals surface area contributed by atoms with Gasteiger partial charge in [-0.15, -0.1) is 0 Å². The molecule has 0 saturated heterocycles. The number of hydrogen-bond acceptors (Lipinski definition) is 2. The number of hydrogen-bond donors (Lipinski definition) is 1. The second-order valence-electron chi connectivity index (χ2n) is 4.83. The summed E-state index contributed by atoms with van der Waals surface area (Å²) in [4.78, 5) is 10.6. The number of allylic oxidation sites excluding steroid dienone is 1. The van der Waals surface area contributed by atoms with E-state index in [4.69, 9.17) is 9.84 Å². The van der Waals surface area contributed by atoms with E-state index in [2.05, 4.69) is 19.9 Å². The van der Waals surface area contributed by atoms with E-state index < -0.39 is 5.97 Å². The lowest BCUT2D eigenvalue weighted by Gasteiger charge is -2.15. The Kier molecular flexibility index (Phi) is 5.61. The molecule has 19 heavy (non-hydrogen) atoms. The average Bonchev–Trinajstić information content (AvgIpc) is 2.36. The summed E-state index contributed by atoms with van der Waals surface area (Å²) in [6, 6.07) is 6.03. The summed E-state index contributed by atoms with van der Waals surface area (Å²) in [5, 5.41) is 8.70. The summed E-state index contributed by atoms with van der Waals surface area (Å²) < 4.78 is 5.62. The second kappa shape index (κ2) is 6.98. The molecular weight excluding hydrogens is 240 g/mol. The molecule has 0 amide bonds. The van der Waals surface area contributed by atoms with Crippen molar-refractivity contribution < 1.29 is 14.6 Å². The first-order chi connectivity index (χ1) is 8.95. The van der Waals surface area contributed by atoms with Gasteiger partial charge in [0, 0.05) is 0 Å². The Hall–Kier alpha value is -1.77. The summed E-state index contributed by atoms with van der Waals surface area (Å²) in [6.07, 6.45) is 1.79. The number of carboxylic acid groups (broad SMARTS) is 1. The van der Waals surface area contributed by atoms with Crippen LogP contribution in [0.4, 0.5) is 0 Å². The average molecular weight is 262 g/mol. The third-order valence-electron chi connectivity index (χ3n) is 2.97. The summed E-state index contributed by atoms with van der Waals surface area (Å²) in [5.74, 6) is 0.468. The lowest BCUT2D eigenvalue weighted by Crippen LogP contribution is -1.99. The van der Waals surface area contributed by atoms with Gasteiger partial charge in [-0.2, -0.15) is 0 Å². The summed E-state index contributed by atoms with van der Waals surface area (Å²) in [5.41, 5.74) is 3.18. The SMILES string of the molecule is CCOc1ccc(/C(C)=C/CC(=O)O)cc1C(C)C. The number of aliphatic carboxylic acids is 1.